The van der Waals surface area contributed by atoms with Gasteiger partial charge in [0.1, 0.15) is 16.8 Å². The topological polar surface area (TPSA) is 64.1 Å². The van der Waals surface area contributed by atoms with Crippen molar-refractivity contribution in [2.24, 2.45) is 11.8 Å². The van der Waals surface area contributed by atoms with Gasteiger partial charge in [-0.05, 0) is 25.7 Å². The van der Waals surface area contributed by atoms with Crippen LogP contribution in [0.5, 0.6) is 0 Å². The molecule has 1 N–H and O–H groups in total. The summed E-state index contributed by atoms with van der Waals surface area (Å²) in [5.74, 6) is 1.50. The van der Waals surface area contributed by atoms with Gasteiger partial charge in [-0.1, -0.05) is 24.4 Å². The number of anilines is 1. The summed E-state index contributed by atoms with van der Waals surface area (Å²) in [4.78, 5) is 20.1. The van der Waals surface area contributed by atoms with E-state index in [9.17, 15) is 4.79 Å². The number of esters is 1. The lowest BCUT2D eigenvalue weighted by atomic mass is 9.79. The van der Waals surface area contributed by atoms with E-state index in [1.165, 1.54) is 7.11 Å². The molecular formula is C14H20ClN3O2. The van der Waals surface area contributed by atoms with E-state index in [0.29, 0.717) is 23.3 Å². The van der Waals surface area contributed by atoms with Crippen LogP contribution in [0.3, 0.4) is 0 Å². The highest BCUT2D eigenvalue weighted by Crippen LogP contribution is 2.31. The minimum absolute atomic E-state index is 0.0142. The van der Waals surface area contributed by atoms with Crippen LogP contribution in [0, 0.1) is 18.8 Å². The summed E-state index contributed by atoms with van der Waals surface area (Å²) >= 11 is 5.91. The fourth-order valence-electron chi connectivity index (χ4n) is 2.77. The van der Waals surface area contributed by atoms with Gasteiger partial charge < -0.3 is 10.1 Å². The van der Waals surface area contributed by atoms with Crippen LogP contribution in [0.15, 0.2) is 6.07 Å². The molecule has 110 valence electrons. The van der Waals surface area contributed by atoms with Crippen molar-refractivity contribution in [3.8, 4) is 0 Å². The van der Waals surface area contributed by atoms with Crippen molar-refractivity contribution in [1.82, 2.24) is 9.97 Å². The number of nitrogens with one attached hydrogen (secondary N) is 1. The molecule has 1 aromatic rings. The third-order valence-electron chi connectivity index (χ3n) is 3.77. The second-order valence-electron chi connectivity index (χ2n) is 5.18. The molecule has 0 aliphatic heterocycles. The fraction of sp³-hybridized carbons (Fsp3) is 0.643. The highest BCUT2D eigenvalue weighted by Gasteiger charge is 2.31. The normalized spacial score (nSPS) is 22.4. The van der Waals surface area contributed by atoms with Crippen LogP contribution in [0.4, 0.5) is 5.82 Å². The molecule has 1 heterocycles. The molecular weight excluding hydrogens is 278 g/mol. The van der Waals surface area contributed by atoms with Gasteiger partial charge >= 0.3 is 5.97 Å². The number of rotatable bonds is 4. The van der Waals surface area contributed by atoms with Crippen molar-refractivity contribution >= 4 is 23.4 Å². The van der Waals surface area contributed by atoms with E-state index >= 15 is 0 Å². The van der Waals surface area contributed by atoms with Gasteiger partial charge in [0, 0.05) is 12.6 Å². The molecule has 0 spiro atoms. The molecule has 5 nitrogen and oxygen atoms in total. The monoisotopic (exact) mass is 297 g/mol. The average Bonchev–Trinajstić information content (AvgIpc) is 2.43. The molecule has 1 saturated carbocycles. The van der Waals surface area contributed by atoms with E-state index in [1.54, 1.807) is 13.0 Å². The van der Waals surface area contributed by atoms with E-state index in [1.807, 2.05) is 0 Å². The zero-order chi connectivity index (χ0) is 14.5. The van der Waals surface area contributed by atoms with Gasteiger partial charge in [0.15, 0.2) is 0 Å². The number of methoxy groups -OCH3 is 1. The van der Waals surface area contributed by atoms with Crippen LogP contribution in [0.1, 0.15) is 31.5 Å². The van der Waals surface area contributed by atoms with Crippen LogP contribution >= 0.6 is 11.6 Å². The van der Waals surface area contributed by atoms with Gasteiger partial charge in [0.05, 0.1) is 13.0 Å². The Morgan fingerprint density at radius 1 is 1.45 bits per heavy atom. The number of halogens is 1. The highest BCUT2D eigenvalue weighted by atomic mass is 35.5. The van der Waals surface area contributed by atoms with Gasteiger partial charge in [-0.15, -0.1) is 0 Å². The van der Waals surface area contributed by atoms with Crippen LogP contribution in [0.2, 0.25) is 5.15 Å². The minimum Gasteiger partial charge on any atom is -0.469 e. The van der Waals surface area contributed by atoms with Gasteiger partial charge in [-0.3, -0.25) is 4.79 Å². The Morgan fingerprint density at radius 2 is 2.20 bits per heavy atom. The SMILES string of the molecule is COC(=O)C1CCCCC1CNc1cc(Cl)nc(C)n1. The van der Waals surface area contributed by atoms with Gasteiger partial charge in [-0.2, -0.15) is 0 Å². The number of carbonyl (C=O) groups is 1. The first-order valence-corrected chi connectivity index (χ1v) is 7.31. The summed E-state index contributed by atoms with van der Waals surface area (Å²) in [6, 6.07) is 1.70. The number of hydrogen-bond acceptors (Lipinski definition) is 5. The molecule has 0 amide bonds. The van der Waals surface area contributed by atoms with Gasteiger partial charge in [0.2, 0.25) is 0 Å². The summed E-state index contributed by atoms with van der Waals surface area (Å²) in [6.07, 6.45) is 4.19. The molecule has 2 unspecified atom stereocenters. The van der Waals surface area contributed by atoms with Crippen LogP contribution in [-0.4, -0.2) is 29.6 Å². The van der Waals surface area contributed by atoms with Crippen molar-refractivity contribution in [2.75, 3.05) is 19.0 Å². The Kier molecular flexibility index (Phi) is 5.17. The second-order valence-corrected chi connectivity index (χ2v) is 5.57. The molecule has 1 aromatic heterocycles. The first kappa shape index (κ1) is 15.0. The Balaban J connectivity index is 1.98. The average molecular weight is 298 g/mol. The molecule has 0 radical (unpaired) electrons. The number of hydrogen-bond donors (Lipinski definition) is 1. The molecule has 1 aliphatic rings. The van der Waals surface area contributed by atoms with Crippen LogP contribution in [0.25, 0.3) is 0 Å². The molecule has 20 heavy (non-hydrogen) atoms. The van der Waals surface area contributed by atoms with E-state index in [2.05, 4.69) is 15.3 Å². The van der Waals surface area contributed by atoms with Crippen LogP contribution < -0.4 is 5.32 Å². The maximum Gasteiger partial charge on any atom is 0.309 e. The lowest BCUT2D eigenvalue weighted by molar-refractivity contribution is -0.148. The molecule has 1 fully saturated rings. The first-order valence-electron chi connectivity index (χ1n) is 6.93. The predicted molar refractivity (Wildman–Crippen MR) is 77.7 cm³/mol. The summed E-state index contributed by atoms with van der Waals surface area (Å²) in [5.41, 5.74) is 0. The fourth-order valence-corrected chi connectivity index (χ4v) is 3.00. The molecule has 2 atom stereocenters. The largest absolute Gasteiger partial charge is 0.469 e. The van der Waals surface area contributed by atoms with Gasteiger partial charge in [-0.25, -0.2) is 9.97 Å². The lowest BCUT2D eigenvalue weighted by Gasteiger charge is -2.29. The molecule has 6 heteroatoms. The van der Waals surface area contributed by atoms with Gasteiger partial charge in [0.25, 0.3) is 0 Å². The van der Waals surface area contributed by atoms with E-state index in [0.717, 1.165) is 25.7 Å². The molecule has 0 saturated heterocycles. The van der Waals surface area contributed by atoms with Crippen molar-refractivity contribution in [2.45, 2.75) is 32.6 Å². The predicted octanol–water partition coefficient (Wildman–Crippen LogP) is 2.83. The minimum atomic E-state index is -0.103. The lowest BCUT2D eigenvalue weighted by Crippen LogP contribution is -2.32. The Hall–Kier alpha value is -1.36. The third-order valence-corrected chi connectivity index (χ3v) is 3.96. The van der Waals surface area contributed by atoms with Crippen molar-refractivity contribution < 1.29 is 9.53 Å². The Labute approximate surface area is 124 Å². The maximum atomic E-state index is 11.8. The van der Waals surface area contributed by atoms with E-state index in [4.69, 9.17) is 16.3 Å². The smallest absolute Gasteiger partial charge is 0.309 e. The van der Waals surface area contributed by atoms with Crippen molar-refractivity contribution in [3.63, 3.8) is 0 Å². The zero-order valence-electron chi connectivity index (χ0n) is 11.9. The number of ether oxygens (including phenoxy) is 1. The first-order chi connectivity index (χ1) is 9.60. The standard InChI is InChI=1S/C14H20ClN3O2/c1-9-17-12(15)7-13(18-9)16-8-10-5-3-4-6-11(10)14(19)20-2/h7,10-11H,3-6,8H2,1-2H3,(H,16,17,18). The summed E-state index contributed by atoms with van der Waals surface area (Å²) < 4.78 is 4.90. The Bertz CT molecular complexity index is 461. The summed E-state index contributed by atoms with van der Waals surface area (Å²) in [7, 11) is 1.45. The molecule has 0 aromatic carbocycles. The number of carbonyl (C=O) groups excluding carboxylic acids is 1. The molecule has 0 bridgehead atoms. The van der Waals surface area contributed by atoms with Crippen molar-refractivity contribution in [1.29, 1.82) is 0 Å². The highest BCUT2D eigenvalue weighted by molar-refractivity contribution is 6.29. The van der Waals surface area contributed by atoms with E-state index < -0.39 is 0 Å². The summed E-state index contributed by atoms with van der Waals surface area (Å²) in [5, 5.41) is 3.69. The molecule has 2 rings (SSSR count). The molecule has 1 aliphatic carbocycles. The number of aryl methyl sites for hydroxylation is 1. The maximum absolute atomic E-state index is 11.8. The second kappa shape index (κ2) is 6.88. The summed E-state index contributed by atoms with van der Waals surface area (Å²) in [6.45, 7) is 2.50. The number of nitrogens with zero attached hydrogens (tertiary/aromatic N) is 2. The van der Waals surface area contributed by atoms with E-state index in [-0.39, 0.29) is 17.8 Å². The van der Waals surface area contributed by atoms with Crippen molar-refractivity contribution in [3.05, 3.63) is 17.0 Å². The third kappa shape index (κ3) is 3.82. The Morgan fingerprint density at radius 3 is 2.90 bits per heavy atom. The quantitative estimate of drug-likeness (QED) is 0.684. The van der Waals surface area contributed by atoms with Crippen LogP contribution in [-0.2, 0) is 9.53 Å². The number of aromatic nitrogens is 2. The zero-order valence-corrected chi connectivity index (χ0v) is 12.6.